The van der Waals surface area contributed by atoms with Gasteiger partial charge in [0, 0.05) is 19.4 Å². The van der Waals surface area contributed by atoms with Gasteiger partial charge in [0.2, 0.25) is 6.23 Å². The van der Waals surface area contributed by atoms with E-state index in [0.717, 1.165) is 17.9 Å². The predicted octanol–water partition coefficient (Wildman–Crippen LogP) is 2.10. The summed E-state index contributed by atoms with van der Waals surface area (Å²) in [6.07, 6.45) is -9.86. The Morgan fingerprint density at radius 1 is 1.26 bits per heavy atom. The third-order valence-corrected chi connectivity index (χ3v) is 4.96. The van der Waals surface area contributed by atoms with E-state index in [1.165, 1.54) is 6.07 Å². The number of hydrogen-bond donors (Lipinski definition) is 1. The highest BCUT2D eigenvalue weighted by Crippen LogP contribution is 2.41. The van der Waals surface area contributed by atoms with Gasteiger partial charge in [-0.3, -0.25) is 4.57 Å². The van der Waals surface area contributed by atoms with Crippen LogP contribution in [0.2, 0.25) is 0 Å². The van der Waals surface area contributed by atoms with Gasteiger partial charge >= 0.3 is 34.3 Å². The molecule has 0 radical (unpaired) electrons. The lowest BCUT2D eigenvalue weighted by Crippen LogP contribution is -2.46. The summed E-state index contributed by atoms with van der Waals surface area (Å²) < 4.78 is 54.6. The Morgan fingerprint density at radius 2 is 1.91 bits per heavy atom. The maximum Gasteiger partial charge on any atom is 0.510 e. The zero-order chi connectivity index (χ0) is 25.8. The highest BCUT2D eigenvalue weighted by molar-refractivity contribution is 6.58. The molecule has 17 heteroatoms. The number of aromatic nitrogens is 2. The number of methoxy groups -OCH3 is 1. The number of halogens is 5. The molecule has 0 amide bonds. The third-order valence-electron chi connectivity index (χ3n) is 4.22. The van der Waals surface area contributed by atoms with Crippen molar-refractivity contribution in [1.82, 2.24) is 9.55 Å². The number of hydrogen-bond acceptors (Lipinski definition) is 11. The molecule has 190 valence electrons. The molecule has 12 nitrogen and oxygen atoms in total. The Balaban J connectivity index is 2.16. The summed E-state index contributed by atoms with van der Waals surface area (Å²) in [5.41, 5.74) is 1.19. The van der Waals surface area contributed by atoms with Crippen LogP contribution in [0.5, 0.6) is 0 Å². The van der Waals surface area contributed by atoms with E-state index in [2.05, 4.69) is 15.2 Å². The lowest BCUT2D eigenvalue weighted by Gasteiger charge is -2.26. The van der Waals surface area contributed by atoms with Crippen LogP contribution in [-0.4, -0.2) is 64.1 Å². The molecule has 0 aliphatic carbocycles. The van der Waals surface area contributed by atoms with Crippen molar-refractivity contribution in [3.8, 4) is 0 Å². The van der Waals surface area contributed by atoms with E-state index in [4.69, 9.17) is 42.3 Å². The maximum atomic E-state index is 12.8. The first-order valence-corrected chi connectivity index (χ1v) is 10.0. The van der Waals surface area contributed by atoms with Crippen molar-refractivity contribution in [3.05, 3.63) is 22.7 Å². The molecule has 0 unspecified atom stereocenters. The van der Waals surface area contributed by atoms with Crippen molar-refractivity contribution in [1.29, 1.82) is 0 Å². The van der Waals surface area contributed by atoms with Crippen molar-refractivity contribution in [2.45, 2.75) is 42.8 Å². The second kappa shape index (κ2) is 10.7. The van der Waals surface area contributed by atoms with Crippen LogP contribution in [0.15, 0.2) is 17.1 Å². The Hall–Kier alpha value is -2.78. The Morgan fingerprint density at radius 3 is 2.44 bits per heavy atom. The Bertz CT molecular complexity index is 987. The van der Waals surface area contributed by atoms with Crippen molar-refractivity contribution >= 4 is 47.1 Å². The van der Waals surface area contributed by atoms with E-state index in [1.807, 2.05) is 0 Å². The van der Waals surface area contributed by atoms with Crippen LogP contribution in [0.25, 0.3) is 0 Å². The zero-order valence-corrected chi connectivity index (χ0v) is 19.1. The number of rotatable bonds is 9. The molecule has 2 rings (SSSR count). The molecule has 1 aliphatic rings. The molecule has 1 N–H and O–H groups in total. The van der Waals surface area contributed by atoms with Crippen LogP contribution < -0.4 is 11.2 Å². The molecule has 1 aromatic heterocycles. The number of esters is 1. The summed E-state index contributed by atoms with van der Waals surface area (Å²) in [5.74, 6) is -3.27. The van der Waals surface area contributed by atoms with Gasteiger partial charge in [0.1, 0.15) is 12.7 Å². The first-order valence-electron chi connectivity index (χ1n) is 9.26. The highest BCUT2D eigenvalue weighted by Gasteiger charge is 2.60. The van der Waals surface area contributed by atoms with Gasteiger partial charge in [0.15, 0.2) is 11.9 Å². The average Bonchev–Trinajstić information content (AvgIpc) is 3.12. The van der Waals surface area contributed by atoms with Crippen molar-refractivity contribution in [2.24, 2.45) is 5.92 Å². The van der Waals surface area contributed by atoms with E-state index in [9.17, 15) is 32.3 Å². The molecule has 3 atom stereocenters. The molecule has 2 heterocycles. The summed E-state index contributed by atoms with van der Waals surface area (Å²) in [5, 5.41) is 0. The molecule has 1 aromatic rings. The number of carbonyl (C=O) groups is 3. The summed E-state index contributed by atoms with van der Waals surface area (Å²) >= 11 is 10.0. The second-order valence-corrected chi connectivity index (χ2v) is 8.29. The normalized spacial score (nSPS) is 19.3. The summed E-state index contributed by atoms with van der Waals surface area (Å²) in [6, 6.07) is 1.19. The molecular formula is C17H18Cl2F3N3O9. The monoisotopic (exact) mass is 535 g/mol. The van der Waals surface area contributed by atoms with Gasteiger partial charge in [-0.2, -0.15) is 18.2 Å². The second-order valence-electron chi connectivity index (χ2n) is 6.97. The first kappa shape index (κ1) is 27.5. The molecule has 1 saturated heterocycles. The van der Waals surface area contributed by atoms with Gasteiger partial charge < -0.3 is 23.8 Å². The standard InChI is InChI=1S/C17H18Cl2F3N3O9/c1-7(2)12(26)34-24-9-4-5-25(14(28)23-9)11-10(32-15(29)33-11)8(30-3)6-31-13(27)16(18,19)17(20,21)22/h4-5,7-8,10-11H,6H2,1-3H3,(H,23,24,28)/t8-,10-,11-/m1/s1. The first-order chi connectivity index (χ1) is 15.7. The minimum Gasteiger partial charge on any atom is -0.460 e. The Kier molecular flexibility index (Phi) is 8.60. The fourth-order valence-electron chi connectivity index (χ4n) is 2.38. The van der Waals surface area contributed by atoms with E-state index < -0.39 is 65.3 Å². The van der Waals surface area contributed by atoms with E-state index >= 15 is 0 Å². The van der Waals surface area contributed by atoms with Gasteiger partial charge in [0.05, 0.1) is 5.92 Å². The zero-order valence-electron chi connectivity index (χ0n) is 17.6. The Labute approximate surface area is 199 Å². The molecule has 1 aliphatic heterocycles. The number of nitrogens with zero attached hydrogens (tertiary/aromatic N) is 2. The predicted molar refractivity (Wildman–Crippen MR) is 106 cm³/mol. The fourth-order valence-corrected chi connectivity index (χ4v) is 2.49. The number of alkyl halides is 5. The van der Waals surface area contributed by atoms with Crippen molar-refractivity contribution in [3.63, 3.8) is 0 Å². The summed E-state index contributed by atoms with van der Waals surface area (Å²) in [7, 11) is 1.07. The van der Waals surface area contributed by atoms with Crippen LogP contribution in [0.3, 0.4) is 0 Å². The molecular weight excluding hydrogens is 518 g/mol. The van der Waals surface area contributed by atoms with Gasteiger partial charge in [-0.05, 0) is 0 Å². The molecule has 0 saturated carbocycles. The largest absolute Gasteiger partial charge is 0.510 e. The van der Waals surface area contributed by atoms with Crippen LogP contribution in [-0.2, 0) is 33.4 Å². The molecule has 1 fully saturated rings. The minimum absolute atomic E-state index is 0.151. The molecule has 0 bridgehead atoms. The van der Waals surface area contributed by atoms with Crippen LogP contribution in [0.4, 0.5) is 23.8 Å². The van der Waals surface area contributed by atoms with Crippen molar-refractivity contribution < 1.29 is 51.3 Å². The molecule has 0 spiro atoms. The number of ether oxygens (including phenoxy) is 4. The van der Waals surface area contributed by atoms with E-state index in [0.29, 0.717) is 0 Å². The van der Waals surface area contributed by atoms with Gasteiger partial charge in [-0.25, -0.2) is 24.7 Å². The van der Waals surface area contributed by atoms with Crippen LogP contribution in [0, 0.1) is 5.92 Å². The van der Waals surface area contributed by atoms with Gasteiger partial charge in [-0.15, -0.1) is 0 Å². The minimum atomic E-state index is -5.33. The lowest BCUT2D eigenvalue weighted by molar-refractivity contribution is -0.180. The summed E-state index contributed by atoms with van der Waals surface area (Å²) in [6.45, 7) is 2.26. The van der Waals surface area contributed by atoms with E-state index in [-0.39, 0.29) is 5.82 Å². The average molecular weight is 536 g/mol. The smallest absolute Gasteiger partial charge is 0.460 e. The van der Waals surface area contributed by atoms with Crippen molar-refractivity contribution in [2.75, 3.05) is 19.2 Å². The number of carbonyl (C=O) groups excluding carboxylic acids is 3. The number of nitrogens with one attached hydrogen (secondary N) is 1. The molecule has 34 heavy (non-hydrogen) atoms. The number of cyclic esters (lactones) is 2. The van der Waals surface area contributed by atoms with Crippen LogP contribution >= 0.6 is 23.2 Å². The third kappa shape index (κ3) is 6.21. The highest BCUT2D eigenvalue weighted by atomic mass is 35.5. The molecule has 0 aromatic carbocycles. The topological polar surface area (TPSA) is 144 Å². The van der Waals surface area contributed by atoms with Gasteiger partial charge in [0.25, 0.3) is 0 Å². The fraction of sp³-hybridized carbons (Fsp3) is 0.588. The quantitative estimate of drug-likeness (QED) is 0.214. The maximum absolute atomic E-state index is 12.8. The number of anilines is 1. The van der Waals surface area contributed by atoms with Gasteiger partial charge in [-0.1, -0.05) is 37.0 Å². The van der Waals surface area contributed by atoms with Crippen LogP contribution in [0.1, 0.15) is 20.1 Å². The SMILES string of the molecule is CO[C@H](COC(=O)C(Cl)(Cl)C(F)(F)F)[C@H]1OC(=O)O[C@H]1n1ccc(NOC(=O)C(C)C)nc1=O. The van der Waals surface area contributed by atoms with E-state index in [1.54, 1.807) is 13.8 Å². The lowest BCUT2D eigenvalue weighted by atomic mass is 10.2. The summed E-state index contributed by atoms with van der Waals surface area (Å²) in [4.78, 5) is 55.6.